The third-order valence-electron chi connectivity index (χ3n) is 3.61. The molecule has 1 aromatic carbocycles. The van der Waals surface area contributed by atoms with Crippen molar-refractivity contribution in [2.45, 2.75) is 30.0 Å². The summed E-state index contributed by atoms with van der Waals surface area (Å²) < 4.78 is 62.7. The van der Waals surface area contributed by atoms with Gasteiger partial charge in [-0.05, 0) is 43.0 Å². The number of benzene rings is 1. The van der Waals surface area contributed by atoms with Gasteiger partial charge in [-0.15, -0.1) is 12.4 Å². The van der Waals surface area contributed by atoms with Gasteiger partial charge in [0, 0.05) is 18.2 Å². The van der Waals surface area contributed by atoms with Gasteiger partial charge in [-0.25, -0.2) is 13.1 Å². The fourth-order valence-corrected chi connectivity index (χ4v) is 3.12. The Bertz CT molecular complexity index is 692. The molecule has 2 rings (SSSR count). The number of carbonyl (C=O) groups excluding carboxylic acids is 1. The maximum absolute atomic E-state index is 12.1. The van der Waals surface area contributed by atoms with Gasteiger partial charge in [0.1, 0.15) is 6.54 Å². The van der Waals surface area contributed by atoms with Crippen molar-refractivity contribution >= 4 is 28.3 Å². The van der Waals surface area contributed by atoms with E-state index in [1.807, 2.05) is 0 Å². The fraction of sp³-hybridized carbons (Fsp3) is 0.500. The number of carbonyl (C=O) groups is 1. The molecule has 1 saturated carbocycles. The number of sulfonamides is 1. The van der Waals surface area contributed by atoms with E-state index in [2.05, 4.69) is 4.72 Å². The van der Waals surface area contributed by atoms with E-state index in [9.17, 15) is 26.4 Å². The number of rotatable bonds is 7. The minimum absolute atomic E-state index is 0. The van der Waals surface area contributed by atoms with Crippen LogP contribution in [0, 0.1) is 5.92 Å². The van der Waals surface area contributed by atoms with Crippen molar-refractivity contribution in [2.24, 2.45) is 11.7 Å². The van der Waals surface area contributed by atoms with Crippen LogP contribution in [0.2, 0.25) is 0 Å². The number of hydrogen-bond donors (Lipinski definition) is 3. The molecule has 6 nitrogen and oxygen atoms in total. The third-order valence-corrected chi connectivity index (χ3v) is 5.05. The molecule has 1 aliphatic rings. The van der Waals surface area contributed by atoms with Gasteiger partial charge in [-0.3, -0.25) is 4.79 Å². The molecular formula is C14H19ClF3N3O3S. The molecule has 0 saturated heterocycles. The van der Waals surface area contributed by atoms with Crippen LogP contribution in [-0.4, -0.2) is 39.6 Å². The van der Waals surface area contributed by atoms with Crippen molar-refractivity contribution in [1.29, 1.82) is 0 Å². The molecule has 0 spiro atoms. The topological polar surface area (TPSA) is 101 Å². The fourth-order valence-electron chi connectivity index (χ4n) is 2.05. The van der Waals surface area contributed by atoms with Crippen molar-refractivity contribution in [2.75, 3.05) is 13.1 Å². The second-order valence-electron chi connectivity index (χ2n) is 5.68. The summed E-state index contributed by atoms with van der Waals surface area (Å²) in [4.78, 5) is 11.5. The zero-order valence-corrected chi connectivity index (χ0v) is 14.7. The molecule has 0 radical (unpaired) electrons. The highest BCUT2D eigenvalue weighted by atomic mass is 35.5. The van der Waals surface area contributed by atoms with E-state index >= 15 is 0 Å². The number of alkyl halides is 3. The summed E-state index contributed by atoms with van der Waals surface area (Å²) in [5, 5.41) is 1.71. The van der Waals surface area contributed by atoms with Crippen LogP contribution >= 0.6 is 12.4 Å². The molecule has 1 atom stereocenters. The second-order valence-corrected chi connectivity index (χ2v) is 7.44. The monoisotopic (exact) mass is 401 g/mol. The average Bonchev–Trinajstić information content (AvgIpc) is 3.34. The second kappa shape index (κ2) is 8.35. The number of amides is 1. The first-order valence-electron chi connectivity index (χ1n) is 7.29. The highest BCUT2D eigenvalue weighted by Gasteiger charge is 2.30. The van der Waals surface area contributed by atoms with E-state index in [4.69, 9.17) is 5.73 Å². The van der Waals surface area contributed by atoms with E-state index in [1.54, 1.807) is 5.32 Å². The highest BCUT2D eigenvalue weighted by molar-refractivity contribution is 7.89. The number of hydrogen-bond acceptors (Lipinski definition) is 4. The van der Waals surface area contributed by atoms with Crippen LogP contribution in [0.25, 0.3) is 0 Å². The van der Waals surface area contributed by atoms with Gasteiger partial charge >= 0.3 is 6.18 Å². The highest BCUT2D eigenvalue weighted by Crippen LogP contribution is 2.31. The molecule has 0 bridgehead atoms. The van der Waals surface area contributed by atoms with Gasteiger partial charge in [-0.1, -0.05) is 0 Å². The molecular weight excluding hydrogens is 383 g/mol. The Hall–Kier alpha value is -1.36. The standard InChI is InChI=1S/C14H18F3N3O3S.ClH/c15-14(16,17)8-19-13(21)10-3-5-11(6-4-10)24(22,23)20-7-12(18)9-1-2-9;/h3-6,9,12,20H,1-2,7-8,18H2,(H,19,21);1H. The van der Waals surface area contributed by atoms with Crippen molar-refractivity contribution in [3.63, 3.8) is 0 Å². The molecule has 0 aliphatic heterocycles. The molecule has 4 N–H and O–H groups in total. The van der Waals surface area contributed by atoms with E-state index in [0.29, 0.717) is 5.92 Å². The van der Waals surface area contributed by atoms with E-state index in [-0.39, 0.29) is 35.5 Å². The molecule has 25 heavy (non-hydrogen) atoms. The maximum Gasteiger partial charge on any atom is 0.405 e. The zero-order chi connectivity index (χ0) is 18.0. The molecule has 1 aliphatic carbocycles. The van der Waals surface area contributed by atoms with E-state index in [0.717, 1.165) is 37.1 Å². The van der Waals surface area contributed by atoms with Crippen LogP contribution in [-0.2, 0) is 10.0 Å². The summed E-state index contributed by atoms with van der Waals surface area (Å²) in [5.74, 6) is -0.590. The number of nitrogens with one attached hydrogen (secondary N) is 2. The summed E-state index contributed by atoms with van der Waals surface area (Å²) in [6.07, 6.45) is -2.53. The van der Waals surface area contributed by atoms with Gasteiger partial charge in [0.25, 0.3) is 5.91 Å². The summed E-state index contributed by atoms with van der Waals surface area (Å²) >= 11 is 0. The minimum atomic E-state index is -4.51. The molecule has 1 fully saturated rings. The molecule has 0 aromatic heterocycles. The zero-order valence-electron chi connectivity index (χ0n) is 13.0. The van der Waals surface area contributed by atoms with Gasteiger partial charge in [0.15, 0.2) is 0 Å². The Morgan fingerprint density at radius 2 is 1.80 bits per heavy atom. The van der Waals surface area contributed by atoms with Gasteiger partial charge < -0.3 is 11.1 Å². The Morgan fingerprint density at radius 3 is 2.28 bits per heavy atom. The van der Waals surface area contributed by atoms with Crippen LogP contribution in [0.1, 0.15) is 23.2 Å². The quantitative estimate of drug-likeness (QED) is 0.643. The summed E-state index contributed by atoms with van der Waals surface area (Å²) in [5.41, 5.74) is 5.76. The first-order valence-corrected chi connectivity index (χ1v) is 8.77. The lowest BCUT2D eigenvalue weighted by atomic mass is 10.2. The van der Waals surface area contributed by atoms with Gasteiger partial charge in [0.2, 0.25) is 10.0 Å². The first-order chi connectivity index (χ1) is 11.1. The average molecular weight is 402 g/mol. The van der Waals surface area contributed by atoms with Gasteiger partial charge in [-0.2, -0.15) is 13.2 Å². The van der Waals surface area contributed by atoms with Crippen LogP contribution in [0.3, 0.4) is 0 Å². The Morgan fingerprint density at radius 1 is 1.24 bits per heavy atom. The SMILES string of the molecule is Cl.NC(CNS(=O)(=O)c1ccc(C(=O)NCC(F)(F)F)cc1)C1CC1. The Kier molecular flexibility index (Phi) is 7.24. The van der Waals surface area contributed by atoms with Crippen LogP contribution in [0.5, 0.6) is 0 Å². The third kappa shape index (κ3) is 6.81. The predicted octanol–water partition coefficient (Wildman–Crippen LogP) is 1.42. The van der Waals surface area contributed by atoms with Crippen molar-refractivity contribution in [1.82, 2.24) is 10.0 Å². The summed E-state index contributed by atoms with van der Waals surface area (Å²) in [7, 11) is -3.78. The van der Waals surface area contributed by atoms with Crippen LogP contribution < -0.4 is 15.8 Å². The molecule has 1 aromatic rings. The van der Waals surface area contributed by atoms with Crippen LogP contribution in [0.15, 0.2) is 29.2 Å². The van der Waals surface area contributed by atoms with Crippen molar-refractivity contribution in [3.8, 4) is 0 Å². The van der Waals surface area contributed by atoms with Crippen LogP contribution in [0.4, 0.5) is 13.2 Å². The molecule has 142 valence electrons. The Balaban J connectivity index is 0.00000312. The summed E-state index contributed by atoms with van der Waals surface area (Å²) in [6.45, 7) is -1.34. The number of nitrogens with two attached hydrogens (primary N) is 1. The molecule has 11 heteroatoms. The lowest BCUT2D eigenvalue weighted by Gasteiger charge is -2.12. The molecule has 0 heterocycles. The lowest BCUT2D eigenvalue weighted by Crippen LogP contribution is -2.38. The number of halogens is 4. The predicted molar refractivity (Wildman–Crippen MR) is 88.0 cm³/mol. The minimum Gasteiger partial charge on any atom is -0.343 e. The Labute approximate surface area is 149 Å². The summed E-state index contributed by atoms with van der Waals surface area (Å²) in [6, 6.07) is 4.38. The largest absolute Gasteiger partial charge is 0.405 e. The van der Waals surface area contributed by atoms with E-state index < -0.39 is 28.7 Å². The normalized spacial score (nSPS) is 16.0. The van der Waals surface area contributed by atoms with E-state index in [1.165, 1.54) is 0 Å². The molecule has 1 unspecified atom stereocenters. The van der Waals surface area contributed by atoms with Crippen molar-refractivity contribution < 1.29 is 26.4 Å². The van der Waals surface area contributed by atoms with Gasteiger partial charge in [0.05, 0.1) is 4.90 Å². The smallest absolute Gasteiger partial charge is 0.343 e. The maximum atomic E-state index is 12.1. The first kappa shape index (κ1) is 21.7. The van der Waals surface area contributed by atoms with Crippen molar-refractivity contribution in [3.05, 3.63) is 29.8 Å². The molecule has 1 amide bonds. The lowest BCUT2D eigenvalue weighted by molar-refractivity contribution is -0.123.